The average Bonchev–Trinajstić information content (AvgIpc) is 2.84. The number of benzene rings is 2. The Kier molecular flexibility index (Phi) is 8.83. The fourth-order valence-corrected chi connectivity index (χ4v) is 4.83. The molecule has 2 saturated heterocycles. The maximum atomic E-state index is 13.3. The zero-order chi connectivity index (χ0) is 28.3. The van der Waals surface area contributed by atoms with Crippen LogP contribution in [0.3, 0.4) is 0 Å². The molecule has 4 rings (SSSR count). The van der Waals surface area contributed by atoms with Gasteiger partial charge in [0.2, 0.25) is 11.8 Å². The smallest absolute Gasteiger partial charge is 0.404 e. The molecule has 39 heavy (non-hydrogen) atoms. The van der Waals surface area contributed by atoms with Crippen molar-refractivity contribution in [3.8, 4) is 5.75 Å². The third-order valence-electron chi connectivity index (χ3n) is 6.44. The van der Waals surface area contributed by atoms with Crippen molar-refractivity contribution in [2.45, 2.75) is 38.8 Å². The van der Waals surface area contributed by atoms with Crippen molar-refractivity contribution in [1.82, 2.24) is 9.80 Å². The molecule has 2 unspecified atom stereocenters. The Bertz CT molecular complexity index is 1220. The van der Waals surface area contributed by atoms with E-state index >= 15 is 0 Å². The Balaban J connectivity index is 1.53. The lowest BCUT2D eigenvalue weighted by molar-refractivity contribution is -0.274. The number of ether oxygens (including phenoxy) is 2. The molecule has 2 aliphatic rings. The Morgan fingerprint density at radius 2 is 1.79 bits per heavy atom. The molecule has 0 saturated carbocycles. The minimum absolute atomic E-state index is 0.123. The summed E-state index contributed by atoms with van der Waals surface area (Å²) in [7, 11) is 0. The van der Waals surface area contributed by atoms with E-state index in [0.29, 0.717) is 32.8 Å². The van der Waals surface area contributed by atoms with E-state index in [2.05, 4.69) is 15.0 Å². The number of anilines is 1. The van der Waals surface area contributed by atoms with Crippen LogP contribution in [0.5, 0.6) is 5.75 Å². The lowest BCUT2D eigenvalue weighted by atomic mass is 10.0. The van der Waals surface area contributed by atoms with Crippen molar-refractivity contribution in [3.63, 3.8) is 0 Å². The number of rotatable bonds is 7. The van der Waals surface area contributed by atoms with Crippen LogP contribution in [0.4, 0.5) is 23.2 Å². The first kappa shape index (κ1) is 28.8. The van der Waals surface area contributed by atoms with Gasteiger partial charge < -0.3 is 19.7 Å². The first-order valence-electron chi connectivity index (χ1n) is 12.3. The summed E-state index contributed by atoms with van der Waals surface area (Å²) >= 11 is 5.99. The molecule has 2 heterocycles. The van der Waals surface area contributed by atoms with Gasteiger partial charge in [-0.05, 0) is 35.9 Å². The zero-order valence-corrected chi connectivity index (χ0v) is 22.1. The normalized spacial score (nSPS) is 19.9. The lowest BCUT2D eigenvalue weighted by Crippen LogP contribution is -2.65. The van der Waals surface area contributed by atoms with E-state index in [1.165, 1.54) is 24.3 Å². The van der Waals surface area contributed by atoms with E-state index in [-0.39, 0.29) is 46.0 Å². The molecule has 2 bridgehead atoms. The van der Waals surface area contributed by atoms with Crippen LogP contribution in [-0.4, -0.2) is 66.4 Å². The van der Waals surface area contributed by atoms with Crippen LogP contribution in [-0.2, 0) is 20.9 Å². The Labute approximate surface area is 228 Å². The summed E-state index contributed by atoms with van der Waals surface area (Å²) in [6.45, 7) is 5.64. The van der Waals surface area contributed by atoms with Gasteiger partial charge in [-0.1, -0.05) is 37.6 Å². The molecule has 2 aromatic rings. The molecule has 2 atom stereocenters. The minimum atomic E-state index is -4.98. The van der Waals surface area contributed by atoms with Crippen molar-refractivity contribution < 1.29 is 36.6 Å². The number of carbonyl (C=O) groups excluding carboxylic acids is 2. The highest BCUT2D eigenvalue weighted by atomic mass is 35.5. The molecular formula is C27H28ClF4N3O4. The maximum absolute atomic E-state index is 13.3. The van der Waals surface area contributed by atoms with Crippen LogP contribution >= 0.6 is 11.6 Å². The largest absolute Gasteiger partial charge is 0.573 e. The monoisotopic (exact) mass is 569 g/mol. The predicted octanol–water partition coefficient (Wildman–Crippen LogP) is 5.10. The highest BCUT2D eigenvalue weighted by molar-refractivity contribution is 6.32. The molecule has 2 aromatic carbocycles. The van der Waals surface area contributed by atoms with Gasteiger partial charge in [-0.2, -0.15) is 0 Å². The van der Waals surface area contributed by atoms with Gasteiger partial charge in [0.15, 0.2) is 0 Å². The topological polar surface area (TPSA) is 71.1 Å². The number of nitrogens with zero attached hydrogens (tertiary/aromatic N) is 2. The molecule has 1 N–H and O–H groups in total. The van der Waals surface area contributed by atoms with Gasteiger partial charge in [0.25, 0.3) is 0 Å². The molecule has 2 fully saturated rings. The second kappa shape index (κ2) is 11.9. The quantitative estimate of drug-likeness (QED) is 0.371. The number of piperazine rings is 1. The van der Waals surface area contributed by atoms with Crippen molar-refractivity contribution >= 4 is 35.2 Å². The van der Waals surface area contributed by atoms with E-state index < -0.39 is 18.0 Å². The first-order valence-corrected chi connectivity index (χ1v) is 12.7. The summed E-state index contributed by atoms with van der Waals surface area (Å²) in [5.41, 5.74) is 1.22. The van der Waals surface area contributed by atoms with E-state index in [1.54, 1.807) is 30.9 Å². The van der Waals surface area contributed by atoms with E-state index in [1.807, 2.05) is 0 Å². The number of carbonyl (C=O) groups is 2. The fourth-order valence-electron chi connectivity index (χ4n) is 4.63. The van der Waals surface area contributed by atoms with Crippen molar-refractivity contribution in [1.29, 1.82) is 0 Å². The molecule has 2 amide bonds. The highest BCUT2D eigenvalue weighted by Gasteiger charge is 2.40. The molecule has 0 aliphatic carbocycles. The number of morpholine rings is 1. The Morgan fingerprint density at radius 1 is 1.15 bits per heavy atom. The number of hydrogen-bond donors (Lipinski definition) is 1. The third-order valence-corrected chi connectivity index (χ3v) is 6.73. The van der Waals surface area contributed by atoms with Crippen LogP contribution in [0.2, 0.25) is 5.02 Å². The Morgan fingerprint density at radius 3 is 2.38 bits per heavy atom. The van der Waals surface area contributed by atoms with Gasteiger partial charge >= 0.3 is 6.36 Å². The lowest BCUT2D eigenvalue weighted by Gasteiger charge is -2.49. The van der Waals surface area contributed by atoms with Gasteiger partial charge in [-0.25, -0.2) is 4.39 Å². The molecule has 0 aromatic heterocycles. The standard InChI is InChI=1S/C27H28ClF4N3O4/c1-16(2)26(37)33-23-10-22(28)24(39-27(30,31)32)9-18(23)5-8-25(36)35-20-12-34(13-21(35)15-38-14-20)11-17-3-6-19(29)7-4-17/h3-10,16,20-21H,11-15H2,1-2H3,(H,33,37). The highest BCUT2D eigenvalue weighted by Crippen LogP contribution is 2.36. The molecule has 0 spiro atoms. The number of amides is 2. The summed E-state index contributed by atoms with van der Waals surface area (Å²) in [6, 6.07) is 7.95. The Hall–Kier alpha value is -3.15. The molecular weight excluding hydrogens is 542 g/mol. The summed E-state index contributed by atoms with van der Waals surface area (Å²) in [5, 5.41) is 2.28. The number of fused-ring (bicyclic) bond motifs is 2. The van der Waals surface area contributed by atoms with E-state index in [0.717, 1.165) is 17.7 Å². The fraction of sp³-hybridized carbons (Fsp3) is 0.407. The summed E-state index contributed by atoms with van der Waals surface area (Å²) < 4.78 is 61.6. The third kappa shape index (κ3) is 7.49. The van der Waals surface area contributed by atoms with Gasteiger partial charge in [0.05, 0.1) is 30.3 Å². The summed E-state index contributed by atoms with van der Waals surface area (Å²) in [4.78, 5) is 29.5. The maximum Gasteiger partial charge on any atom is 0.573 e. The van der Waals surface area contributed by atoms with Crippen LogP contribution < -0.4 is 10.1 Å². The second-order valence-electron chi connectivity index (χ2n) is 9.81. The second-order valence-corrected chi connectivity index (χ2v) is 10.2. The zero-order valence-electron chi connectivity index (χ0n) is 21.3. The number of alkyl halides is 3. The predicted molar refractivity (Wildman–Crippen MR) is 138 cm³/mol. The summed E-state index contributed by atoms with van der Waals surface area (Å²) in [5.74, 6) is -2.09. The SMILES string of the molecule is CC(C)C(=O)Nc1cc(Cl)c(OC(F)(F)F)cc1C=CC(=O)N1C2COCC1CN(Cc1ccc(F)cc1)C2. The van der Waals surface area contributed by atoms with E-state index in [4.69, 9.17) is 16.3 Å². The minimum Gasteiger partial charge on any atom is -0.404 e. The summed E-state index contributed by atoms with van der Waals surface area (Å²) in [6.07, 6.45) is -2.39. The van der Waals surface area contributed by atoms with Crippen LogP contribution in [0.25, 0.3) is 6.08 Å². The van der Waals surface area contributed by atoms with Gasteiger partial charge in [-0.3, -0.25) is 14.5 Å². The van der Waals surface area contributed by atoms with Crippen LogP contribution in [0, 0.1) is 11.7 Å². The van der Waals surface area contributed by atoms with E-state index in [9.17, 15) is 27.2 Å². The molecule has 0 radical (unpaired) electrons. The molecule has 210 valence electrons. The average molecular weight is 570 g/mol. The van der Waals surface area contributed by atoms with Gasteiger partial charge in [0, 0.05) is 42.9 Å². The number of halogens is 5. The van der Waals surface area contributed by atoms with Crippen molar-refractivity contribution in [3.05, 3.63) is 64.4 Å². The van der Waals surface area contributed by atoms with Gasteiger partial charge in [-0.15, -0.1) is 13.2 Å². The first-order chi connectivity index (χ1) is 18.4. The van der Waals surface area contributed by atoms with Crippen LogP contribution in [0.1, 0.15) is 25.0 Å². The number of hydrogen-bond acceptors (Lipinski definition) is 5. The van der Waals surface area contributed by atoms with Gasteiger partial charge in [0.1, 0.15) is 11.6 Å². The number of nitrogens with one attached hydrogen (secondary N) is 1. The molecule has 7 nitrogen and oxygen atoms in total. The molecule has 2 aliphatic heterocycles. The van der Waals surface area contributed by atoms with Crippen LogP contribution in [0.15, 0.2) is 42.5 Å². The van der Waals surface area contributed by atoms with Crippen molar-refractivity contribution in [2.24, 2.45) is 5.92 Å². The molecule has 12 heteroatoms. The van der Waals surface area contributed by atoms with Crippen molar-refractivity contribution in [2.75, 3.05) is 31.6 Å².